The number of hydrogen-bond acceptors (Lipinski definition) is 4. The number of hydrogen-bond donors (Lipinski definition) is 1. The predicted molar refractivity (Wildman–Crippen MR) is 136 cm³/mol. The predicted octanol–water partition coefficient (Wildman–Crippen LogP) is 5.07. The topological polar surface area (TPSA) is 79.0 Å². The van der Waals surface area contributed by atoms with Gasteiger partial charge in [-0.2, -0.15) is 0 Å². The van der Waals surface area contributed by atoms with Crippen molar-refractivity contribution in [3.8, 4) is 0 Å². The van der Waals surface area contributed by atoms with Gasteiger partial charge in [-0.3, -0.25) is 14.5 Å². The highest BCUT2D eigenvalue weighted by Gasteiger charge is 2.48. The Hall–Kier alpha value is -4.20. The second-order valence-corrected chi connectivity index (χ2v) is 9.48. The molecule has 2 atom stereocenters. The Balaban J connectivity index is 1.37. The SMILES string of the molecule is Cc1ccc(C(=O)Nc2ccc(C3OC(=O)N(Cc4cccc(F)c4)C3C(=O)N3CCCC3)cc2)cc1. The standard InChI is InChI=1S/C29H28FN3O4/c1-19-7-9-22(10-8-19)27(34)31-24-13-11-21(12-14-24)26-25(28(35)32-15-2-3-16-32)33(29(36)37-26)18-20-5-4-6-23(30)17-20/h4-14,17,25-26H,2-3,15-16,18H2,1H3,(H,31,34). The molecule has 2 saturated heterocycles. The summed E-state index contributed by atoms with van der Waals surface area (Å²) in [5.74, 6) is -0.822. The van der Waals surface area contributed by atoms with E-state index >= 15 is 0 Å². The summed E-state index contributed by atoms with van der Waals surface area (Å²) in [5, 5.41) is 2.86. The quantitative estimate of drug-likeness (QED) is 0.512. The van der Waals surface area contributed by atoms with Gasteiger partial charge in [0.25, 0.3) is 5.91 Å². The van der Waals surface area contributed by atoms with Crippen molar-refractivity contribution in [2.45, 2.75) is 38.5 Å². The van der Waals surface area contributed by atoms with Crippen molar-refractivity contribution in [1.29, 1.82) is 0 Å². The monoisotopic (exact) mass is 501 g/mol. The lowest BCUT2D eigenvalue weighted by Crippen LogP contribution is -2.47. The Morgan fingerprint density at radius 1 is 1.00 bits per heavy atom. The Morgan fingerprint density at radius 3 is 2.38 bits per heavy atom. The van der Waals surface area contributed by atoms with E-state index in [-0.39, 0.29) is 18.4 Å². The van der Waals surface area contributed by atoms with Gasteiger partial charge in [0.05, 0.1) is 6.54 Å². The second-order valence-electron chi connectivity index (χ2n) is 9.48. The minimum Gasteiger partial charge on any atom is -0.438 e. The molecule has 0 spiro atoms. The molecule has 3 aromatic rings. The third-order valence-corrected chi connectivity index (χ3v) is 6.81. The minimum absolute atomic E-state index is 0.0576. The summed E-state index contributed by atoms with van der Waals surface area (Å²) in [6.45, 7) is 3.28. The van der Waals surface area contributed by atoms with Crippen molar-refractivity contribution in [2.75, 3.05) is 18.4 Å². The van der Waals surface area contributed by atoms with Gasteiger partial charge in [-0.1, -0.05) is 42.0 Å². The molecule has 0 aromatic heterocycles. The van der Waals surface area contributed by atoms with E-state index in [0.29, 0.717) is 35.5 Å². The van der Waals surface area contributed by atoms with E-state index in [0.717, 1.165) is 18.4 Å². The average molecular weight is 502 g/mol. The van der Waals surface area contributed by atoms with E-state index in [2.05, 4.69) is 5.32 Å². The first-order valence-corrected chi connectivity index (χ1v) is 12.4. The van der Waals surface area contributed by atoms with Crippen LogP contribution in [0.4, 0.5) is 14.9 Å². The molecule has 5 rings (SSSR count). The van der Waals surface area contributed by atoms with Crippen LogP contribution in [-0.4, -0.2) is 46.8 Å². The van der Waals surface area contributed by atoms with Gasteiger partial charge < -0.3 is 15.0 Å². The van der Waals surface area contributed by atoms with Gasteiger partial charge >= 0.3 is 6.09 Å². The number of likely N-dealkylation sites (tertiary alicyclic amines) is 1. The molecule has 2 unspecified atom stereocenters. The number of benzene rings is 3. The first-order chi connectivity index (χ1) is 17.9. The van der Waals surface area contributed by atoms with E-state index in [9.17, 15) is 18.8 Å². The summed E-state index contributed by atoms with van der Waals surface area (Å²) in [5.41, 5.74) is 3.41. The largest absolute Gasteiger partial charge is 0.438 e. The molecule has 0 saturated carbocycles. The molecule has 2 heterocycles. The number of cyclic esters (lactones) is 1. The fourth-order valence-electron chi connectivity index (χ4n) is 4.81. The molecule has 3 amide bonds. The van der Waals surface area contributed by atoms with Gasteiger partial charge in [0.2, 0.25) is 5.91 Å². The van der Waals surface area contributed by atoms with Gasteiger partial charge in [-0.05, 0) is 67.3 Å². The Kier molecular flexibility index (Phi) is 6.90. The number of anilines is 1. The maximum Gasteiger partial charge on any atom is 0.411 e. The number of carbonyl (C=O) groups excluding carboxylic acids is 3. The van der Waals surface area contributed by atoms with Crippen LogP contribution >= 0.6 is 0 Å². The number of nitrogens with one attached hydrogen (secondary N) is 1. The highest BCUT2D eigenvalue weighted by molar-refractivity contribution is 6.04. The second kappa shape index (κ2) is 10.4. The van der Waals surface area contributed by atoms with Gasteiger partial charge in [0.15, 0.2) is 12.1 Å². The van der Waals surface area contributed by atoms with E-state index in [1.165, 1.54) is 17.0 Å². The molecule has 2 aliphatic heterocycles. The number of halogens is 1. The Bertz CT molecular complexity index is 1300. The third kappa shape index (κ3) is 5.33. The van der Waals surface area contributed by atoms with Crippen molar-refractivity contribution in [3.05, 3.63) is 101 Å². The van der Waals surface area contributed by atoms with Gasteiger partial charge in [-0.15, -0.1) is 0 Å². The fraction of sp³-hybridized carbons (Fsp3) is 0.276. The van der Waals surface area contributed by atoms with Gasteiger partial charge in [-0.25, -0.2) is 9.18 Å². The molecule has 2 fully saturated rings. The zero-order valence-electron chi connectivity index (χ0n) is 20.5. The molecule has 0 bridgehead atoms. The molecule has 2 aliphatic rings. The van der Waals surface area contributed by atoms with Crippen LogP contribution in [0.1, 0.15) is 46.0 Å². The van der Waals surface area contributed by atoms with Crippen LogP contribution in [0, 0.1) is 12.7 Å². The van der Waals surface area contributed by atoms with E-state index in [1.807, 2.05) is 19.1 Å². The first-order valence-electron chi connectivity index (χ1n) is 12.4. The molecule has 8 heteroatoms. The third-order valence-electron chi connectivity index (χ3n) is 6.81. The van der Waals surface area contributed by atoms with Gasteiger partial charge in [0, 0.05) is 24.3 Å². The summed E-state index contributed by atoms with van der Waals surface area (Å²) >= 11 is 0. The first kappa shape index (κ1) is 24.5. The number of nitrogens with zero attached hydrogens (tertiary/aromatic N) is 2. The van der Waals surface area contributed by atoms with Crippen molar-refractivity contribution in [3.63, 3.8) is 0 Å². The highest BCUT2D eigenvalue weighted by atomic mass is 19.1. The number of amides is 3. The lowest BCUT2D eigenvalue weighted by Gasteiger charge is -2.28. The van der Waals surface area contributed by atoms with Crippen LogP contribution in [-0.2, 0) is 16.1 Å². The number of rotatable bonds is 6. The summed E-state index contributed by atoms with van der Waals surface area (Å²) in [6, 6.07) is 19.3. The Morgan fingerprint density at radius 2 is 1.70 bits per heavy atom. The van der Waals surface area contributed by atoms with Crippen LogP contribution in [0.15, 0.2) is 72.8 Å². The highest BCUT2D eigenvalue weighted by Crippen LogP contribution is 2.36. The maximum absolute atomic E-state index is 13.8. The minimum atomic E-state index is -0.873. The van der Waals surface area contributed by atoms with Crippen LogP contribution in [0.5, 0.6) is 0 Å². The van der Waals surface area contributed by atoms with E-state index in [1.54, 1.807) is 53.4 Å². The molecule has 37 heavy (non-hydrogen) atoms. The van der Waals surface area contributed by atoms with Crippen LogP contribution < -0.4 is 5.32 Å². The Labute approximate surface area is 214 Å². The molecule has 1 N–H and O–H groups in total. The molecule has 7 nitrogen and oxygen atoms in total. The van der Waals surface area contributed by atoms with Crippen molar-refractivity contribution < 1.29 is 23.5 Å². The van der Waals surface area contributed by atoms with Crippen LogP contribution in [0.3, 0.4) is 0 Å². The molecule has 190 valence electrons. The molecule has 0 radical (unpaired) electrons. The lowest BCUT2D eigenvalue weighted by molar-refractivity contribution is -0.135. The van der Waals surface area contributed by atoms with E-state index < -0.39 is 24.1 Å². The fourth-order valence-corrected chi connectivity index (χ4v) is 4.81. The zero-order chi connectivity index (χ0) is 25.9. The lowest BCUT2D eigenvalue weighted by atomic mass is 9.99. The average Bonchev–Trinajstić information content (AvgIpc) is 3.54. The molecular weight excluding hydrogens is 473 g/mol. The summed E-state index contributed by atoms with van der Waals surface area (Å²) in [7, 11) is 0. The summed E-state index contributed by atoms with van der Waals surface area (Å²) < 4.78 is 19.5. The molecule has 0 aliphatic carbocycles. The smallest absolute Gasteiger partial charge is 0.411 e. The van der Waals surface area contributed by atoms with Crippen LogP contribution in [0.2, 0.25) is 0 Å². The van der Waals surface area contributed by atoms with Crippen molar-refractivity contribution in [2.24, 2.45) is 0 Å². The summed E-state index contributed by atoms with van der Waals surface area (Å²) in [6.07, 6.45) is 0.383. The van der Waals surface area contributed by atoms with E-state index in [4.69, 9.17) is 4.74 Å². The molecular formula is C29H28FN3O4. The number of ether oxygens (including phenoxy) is 1. The zero-order valence-corrected chi connectivity index (χ0v) is 20.5. The van der Waals surface area contributed by atoms with Crippen molar-refractivity contribution >= 4 is 23.6 Å². The summed E-state index contributed by atoms with van der Waals surface area (Å²) in [4.78, 5) is 42.2. The number of aryl methyl sites for hydroxylation is 1. The maximum atomic E-state index is 13.8. The van der Waals surface area contributed by atoms with Gasteiger partial charge in [0.1, 0.15) is 5.82 Å². The molecule has 3 aromatic carbocycles. The van der Waals surface area contributed by atoms with Crippen molar-refractivity contribution in [1.82, 2.24) is 9.80 Å². The normalized spacial score (nSPS) is 19.1. The van der Waals surface area contributed by atoms with Crippen LogP contribution in [0.25, 0.3) is 0 Å². The number of carbonyl (C=O) groups is 3.